The molecule has 0 saturated heterocycles. The number of hydrogen-bond donors (Lipinski definition) is 1. The molecular weight excluding hydrogens is 218 g/mol. The molecule has 1 N–H and O–H groups in total. The Balaban J connectivity index is 2.12. The van der Waals surface area contributed by atoms with Gasteiger partial charge >= 0.3 is 0 Å². The molecule has 0 fully saturated rings. The quantitative estimate of drug-likeness (QED) is 0.773. The lowest BCUT2D eigenvalue weighted by Crippen LogP contribution is -2.25. The van der Waals surface area contributed by atoms with E-state index in [9.17, 15) is 0 Å². The zero-order valence-corrected chi connectivity index (χ0v) is 10.2. The van der Waals surface area contributed by atoms with Gasteiger partial charge in [-0.3, -0.25) is 4.68 Å². The first-order chi connectivity index (χ1) is 8.18. The van der Waals surface area contributed by atoms with Crippen LogP contribution in [0.3, 0.4) is 0 Å². The number of hydrogen-bond acceptors (Lipinski definition) is 5. The SMILES string of the molecule is Cc1nn(C)c(C)c1C1CCNc2nnnn21. The number of nitrogens with zero attached hydrogens (tertiary/aromatic N) is 6. The lowest BCUT2D eigenvalue weighted by atomic mass is 10.0. The van der Waals surface area contributed by atoms with Crippen LogP contribution >= 0.6 is 0 Å². The summed E-state index contributed by atoms with van der Waals surface area (Å²) < 4.78 is 3.76. The Labute approximate surface area is 98.8 Å². The highest BCUT2D eigenvalue weighted by atomic mass is 15.6. The monoisotopic (exact) mass is 233 g/mol. The van der Waals surface area contributed by atoms with E-state index in [-0.39, 0.29) is 6.04 Å². The molecule has 0 aromatic carbocycles. The number of aryl methyl sites for hydroxylation is 2. The van der Waals surface area contributed by atoms with Gasteiger partial charge in [0.05, 0.1) is 11.7 Å². The highest BCUT2D eigenvalue weighted by molar-refractivity contribution is 5.34. The molecule has 7 nitrogen and oxygen atoms in total. The van der Waals surface area contributed by atoms with Crippen molar-refractivity contribution in [2.45, 2.75) is 26.3 Å². The van der Waals surface area contributed by atoms with Gasteiger partial charge < -0.3 is 5.32 Å². The fraction of sp³-hybridized carbons (Fsp3) is 0.600. The molecule has 7 heteroatoms. The van der Waals surface area contributed by atoms with Crippen molar-refractivity contribution in [1.29, 1.82) is 0 Å². The zero-order chi connectivity index (χ0) is 12.0. The van der Waals surface area contributed by atoms with Crippen molar-refractivity contribution in [3.8, 4) is 0 Å². The molecule has 2 aromatic rings. The van der Waals surface area contributed by atoms with Gasteiger partial charge in [0.1, 0.15) is 0 Å². The summed E-state index contributed by atoms with van der Waals surface area (Å²) >= 11 is 0. The highest BCUT2D eigenvalue weighted by Gasteiger charge is 2.28. The van der Waals surface area contributed by atoms with Crippen molar-refractivity contribution < 1.29 is 0 Å². The van der Waals surface area contributed by atoms with Crippen molar-refractivity contribution in [2.75, 3.05) is 11.9 Å². The van der Waals surface area contributed by atoms with Crippen LogP contribution < -0.4 is 5.32 Å². The molecular formula is C10H15N7. The summed E-state index contributed by atoms with van der Waals surface area (Å²) in [6.07, 6.45) is 0.978. The van der Waals surface area contributed by atoms with Crippen LogP contribution in [0.2, 0.25) is 0 Å². The summed E-state index contributed by atoms with van der Waals surface area (Å²) in [5.41, 5.74) is 3.47. The molecule has 0 aliphatic carbocycles. The van der Waals surface area contributed by atoms with Crippen LogP contribution in [-0.4, -0.2) is 36.5 Å². The Morgan fingerprint density at radius 2 is 2.18 bits per heavy atom. The predicted molar refractivity (Wildman–Crippen MR) is 61.7 cm³/mol. The molecule has 0 radical (unpaired) electrons. The molecule has 90 valence electrons. The maximum atomic E-state index is 4.46. The molecule has 1 unspecified atom stereocenters. The van der Waals surface area contributed by atoms with Crippen LogP contribution in [0.4, 0.5) is 5.95 Å². The second kappa shape index (κ2) is 3.54. The molecule has 2 aromatic heterocycles. The number of nitrogens with one attached hydrogen (secondary N) is 1. The third-order valence-electron chi connectivity index (χ3n) is 3.39. The van der Waals surface area contributed by atoms with Crippen LogP contribution in [0, 0.1) is 13.8 Å². The molecule has 17 heavy (non-hydrogen) atoms. The van der Waals surface area contributed by atoms with Gasteiger partial charge in [-0.1, -0.05) is 5.10 Å². The Morgan fingerprint density at radius 1 is 1.35 bits per heavy atom. The Morgan fingerprint density at radius 3 is 2.88 bits per heavy atom. The topological polar surface area (TPSA) is 73.5 Å². The summed E-state index contributed by atoms with van der Waals surface area (Å²) in [4.78, 5) is 0. The lowest BCUT2D eigenvalue weighted by molar-refractivity contribution is 0.465. The average molecular weight is 233 g/mol. The fourth-order valence-electron chi connectivity index (χ4n) is 2.50. The second-order valence-corrected chi connectivity index (χ2v) is 4.39. The third-order valence-corrected chi connectivity index (χ3v) is 3.39. The van der Waals surface area contributed by atoms with Crippen molar-refractivity contribution in [3.05, 3.63) is 17.0 Å². The van der Waals surface area contributed by atoms with E-state index in [0.717, 1.165) is 24.6 Å². The van der Waals surface area contributed by atoms with Gasteiger partial charge in [-0.05, 0) is 30.7 Å². The third kappa shape index (κ3) is 1.42. The van der Waals surface area contributed by atoms with E-state index in [0.29, 0.717) is 0 Å². The summed E-state index contributed by atoms with van der Waals surface area (Å²) in [5.74, 6) is 0.740. The molecule has 1 atom stereocenters. The predicted octanol–water partition coefficient (Wildman–Crippen LogP) is 0.428. The summed E-state index contributed by atoms with van der Waals surface area (Å²) in [5, 5.41) is 19.4. The van der Waals surface area contributed by atoms with Gasteiger partial charge in [0.2, 0.25) is 5.95 Å². The summed E-state index contributed by atoms with van der Waals surface area (Å²) in [6, 6.07) is 0.190. The van der Waals surface area contributed by atoms with Crippen LogP contribution in [0.5, 0.6) is 0 Å². The number of fused-ring (bicyclic) bond motifs is 1. The molecule has 0 amide bonds. The largest absolute Gasteiger partial charge is 0.353 e. The minimum atomic E-state index is 0.190. The maximum absolute atomic E-state index is 4.46. The Bertz CT molecular complexity index is 553. The smallest absolute Gasteiger partial charge is 0.243 e. The first-order valence-electron chi connectivity index (χ1n) is 5.70. The van der Waals surface area contributed by atoms with Crippen LogP contribution in [0.1, 0.15) is 29.4 Å². The van der Waals surface area contributed by atoms with Gasteiger partial charge in [-0.25, -0.2) is 4.68 Å². The summed E-state index contributed by atoms with van der Waals surface area (Å²) in [6.45, 7) is 5.01. The van der Waals surface area contributed by atoms with Crippen LogP contribution in [0.25, 0.3) is 0 Å². The number of rotatable bonds is 1. The molecule has 3 heterocycles. The average Bonchev–Trinajstić information content (AvgIpc) is 2.85. The molecule has 0 spiro atoms. The van der Waals surface area contributed by atoms with Gasteiger partial charge in [-0.15, -0.1) is 0 Å². The maximum Gasteiger partial charge on any atom is 0.243 e. The number of aromatic nitrogens is 6. The van der Waals surface area contributed by atoms with Crippen molar-refractivity contribution in [3.63, 3.8) is 0 Å². The lowest BCUT2D eigenvalue weighted by Gasteiger charge is -2.23. The van der Waals surface area contributed by atoms with E-state index < -0.39 is 0 Å². The minimum absolute atomic E-state index is 0.190. The van der Waals surface area contributed by atoms with Gasteiger partial charge in [0.25, 0.3) is 0 Å². The molecule has 0 saturated carbocycles. The van der Waals surface area contributed by atoms with E-state index in [1.54, 1.807) is 0 Å². The first kappa shape index (κ1) is 10.2. The molecule has 3 rings (SSSR count). The van der Waals surface area contributed by atoms with Crippen LogP contribution in [-0.2, 0) is 7.05 Å². The second-order valence-electron chi connectivity index (χ2n) is 4.39. The highest BCUT2D eigenvalue weighted by Crippen LogP contribution is 2.30. The van der Waals surface area contributed by atoms with Crippen molar-refractivity contribution in [1.82, 2.24) is 30.0 Å². The normalized spacial score (nSPS) is 18.9. The molecule has 1 aliphatic heterocycles. The minimum Gasteiger partial charge on any atom is -0.353 e. The van der Waals surface area contributed by atoms with E-state index in [2.05, 4.69) is 32.9 Å². The van der Waals surface area contributed by atoms with E-state index in [1.165, 1.54) is 11.3 Å². The van der Waals surface area contributed by atoms with Gasteiger partial charge in [0.15, 0.2) is 0 Å². The van der Waals surface area contributed by atoms with Crippen molar-refractivity contribution >= 4 is 5.95 Å². The van der Waals surface area contributed by atoms with Gasteiger partial charge in [0, 0.05) is 24.8 Å². The fourth-order valence-corrected chi connectivity index (χ4v) is 2.50. The molecule has 0 bridgehead atoms. The Kier molecular flexibility index (Phi) is 2.13. The van der Waals surface area contributed by atoms with E-state index in [4.69, 9.17) is 0 Å². The van der Waals surface area contributed by atoms with Gasteiger partial charge in [-0.2, -0.15) is 5.10 Å². The Hall–Kier alpha value is -1.92. The van der Waals surface area contributed by atoms with Crippen LogP contribution in [0.15, 0.2) is 0 Å². The standard InChI is InChI=1S/C10H15N7/c1-6-9(7(2)16(3)13-6)8-4-5-11-10-12-14-15-17(8)10/h8H,4-5H2,1-3H3,(H,11,12,15). The number of tetrazole rings is 1. The molecule has 1 aliphatic rings. The van der Waals surface area contributed by atoms with E-state index >= 15 is 0 Å². The number of anilines is 1. The zero-order valence-electron chi connectivity index (χ0n) is 10.2. The summed E-state index contributed by atoms with van der Waals surface area (Å²) in [7, 11) is 1.97. The van der Waals surface area contributed by atoms with E-state index in [1.807, 2.05) is 23.3 Å². The van der Waals surface area contributed by atoms with Crippen molar-refractivity contribution in [2.24, 2.45) is 7.05 Å². The first-order valence-corrected chi connectivity index (χ1v) is 5.70.